The van der Waals surface area contributed by atoms with E-state index in [4.69, 9.17) is 9.47 Å². The molecule has 0 aromatic heterocycles. The van der Waals surface area contributed by atoms with Crippen LogP contribution in [-0.2, 0) is 16.0 Å². The van der Waals surface area contributed by atoms with Crippen molar-refractivity contribution in [3.63, 3.8) is 0 Å². The second-order valence-corrected chi connectivity index (χ2v) is 6.14. The average molecular weight is 306 g/mol. The van der Waals surface area contributed by atoms with Gasteiger partial charge in [-0.25, -0.2) is 4.79 Å². The minimum Gasteiger partial charge on any atom is -0.480 e. The van der Waals surface area contributed by atoms with E-state index < -0.39 is 17.8 Å². The first-order valence-corrected chi connectivity index (χ1v) is 7.34. The molecular formula is C16H22N2O4. The Bertz CT molecular complexity index is 526. The lowest BCUT2D eigenvalue weighted by molar-refractivity contribution is -0.127. The largest absolute Gasteiger partial charge is 0.480 e. The van der Waals surface area contributed by atoms with Gasteiger partial charge in [-0.05, 0) is 32.4 Å². The molecule has 0 radical (unpaired) electrons. The molecule has 1 atom stereocenters. The fourth-order valence-corrected chi connectivity index (χ4v) is 2.11. The lowest BCUT2D eigenvalue weighted by Crippen LogP contribution is -2.42. The quantitative estimate of drug-likeness (QED) is 0.829. The summed E-state index contributed by atoms with van der Waals surface area (Å²) in [6, 6.07) is 7.61. The summed E-state index contributed by atoms with van der Waals surface area (Å²) in [6.45, 7) is 6.02. The van der Waals surface area contributed by atoms with E-state index in [0.29, 0.717) is 19.5 Å². The van der Waals surface area contributed by atoms with Crippen LogP contribution in [0.15, 0.2) is 24.3 Å². The first-order chi connectivity index (χ1) is 10.3. The molecule has 120 valence electrons. The predicted molar refractivity (Wildman–Crippen MR) is 81.8 cm³/mol. The Morgan fingerprint density at radius 1 is 1.23 bits per heavy atom. The Labute approximate surface area is 130 Å². The topological polar surface area (TPSA) is 76.7 Å². The van der Waals surface area contributed by atoms with E-state index in [1.165, 1.54) is 0 Å². The molecule has 0 fully saturated rings. The fraction of sp³-hybridized carbons (Fsp3) is 0.500. The van der Waals surface area contributed by atoms with Crippen LogP contribution >= 0.6 is 0 Å². The molecule has 0 aliphatic carbocycles. The Morgan fingerprint density at radius 3 is 2.59 bits per heavy atom. The maximum absolute atomic E-state index is 12.0. The van der Waals surface area contributed by atoms with E-state index in [-0.39, 0.29) is 5.91 Å². The van der Waals surface area contributed by atoms with Crippen LogP contribution in [0.5, 0.6) is 5.75 Å². The lowest BCUT2D eigenvalue weighted by Gasteiger charge is -2.19. The zero-order chi connectivity index (χ0) is 16.2. The Hall–Kier alpha value is -2.24. The van der Waals surface area contributed by atoms with Crippen molar-refractivity contribution in [3.8, 4) is 5.75 Å². The molecule has 1 aliphatic rings. The highest BCUT2D eigenvalue weighted by atomic mass is 16.6. The monoisotopic (exact) mass is 306 g/mol. The summed E-state index contributed by atoms with van der Waals surface area (Å²) in [6.07, 6.45) is -0.424. The summed E-state index contributed by atoms with van der Waals surface area (Å²) in [5.74, 6) is 0.580. The molecule has 2 amide bonds. The van der Waals surface area contributed by atoms with Crippen LogP contribution in [0.4, 0.5) is 4.79 Å². The molecule has 1 heterocycles. The van der Waals surface area contributed by atoms with Crippen molar-refractivity contribution in [3.05, 3.63) is 29.8 Å². The number of ether oxygens (including phenoxy) is 2. The van der Waals surface area contributed by atoms with Gasteiger partial charge in [-0.1, -0.05) is 18.2 Å². The Morgan fingerprint density at radius 2 is 1.91 bits per heavy atom. The molecule has 0 saturated heterocycles. The van der Waals surface area contributed by atoms with Gasteiger partial charge in [0.1, 0.15) is 11.4 Å². The van der Waals surface area contributed by atoms with Crippen molar-refractivity contribution in [1.29, 1.82) is 0 Å². The average Bonchev–Trinajstić information content (AvgIpc) is 2.85. The molecule has 0 spiro atoms. The maximum Gasteiger partial charge on any atom is 0.407 e. The standard InChI is InChI=1S/C16H22N2O4/c1-16(2,3)22-15(20)18-9-8-17-14(19)13-10-11-6-4-5-7-12(11)21-13/h4-7,13H,8-10H2,1-3H3,(H,17,19)(H,18,20)/t13-/m0/s1. The second kappa shape index (κ2) is 6.68. The van der Waals surface area contributed by atoms with Gasteiger partial charge in [0.2, 0.25) is 0 Å². The zero-order valence-corrected chi connectivity index (χ0v) is 13.1. The van der Waals surface area contributed by atoms with E-state index >= 15 is 0 Å². The summed E-state index contributed by atoms with van der Waals surface area (Å²) < 4.78 is 10.7. The highest BCUT2D eigenvalue weighted by Crippen LogP contribution is 2.27. The van der Waals surface area contributed by atoms with E-state index in [2.05, 4.69) is 10.6 Å². The van der Waals surface area contributed by atoms with Gasteiger partial charge < -0.3 is 20.1 Å². The minimum atomic E-state index is -0.531. The summed E-state index contributed by atoms with van der Waals surface area (Å²) >= 11 is 0. The van der Waals surface area contributed by atoms with E-state index in [1.54, 1.807) is 20.8 Å². The predicted octanol–water partition coefficient (Wildman–Crippen LogP) is 1.63. The summed E-state index contributed by atoms with van der Waals surface area (Å²) in [7, 11) is 0. The third-order valence-corrected chi connectivity index (χ3v) is 3.03. The number of rotatable bonds is 4. The van der Waals surface area contributed by atoms with Crippen molar-refractivity contribution in [2.45, 2.75) is 38.9 Å². The third kappa shape index (κ3) is 4.65. The number of alkyl carbamates (subject to hydrolysis) is 1. The molecule has 1 aliphatic heterocycles. The van der Waals surface area contributed by atoms with Crippen LogP contribution in [-0.4, -0.2) is 36.8 Å². The molecular weight excluding hydrogens is 284 g/mol. The normalized spacial score (nSPS) is 16.4. The summed E-state index contributed by atoms with van der Waals surface area (Å²) in [4.78, 5) is 23.4. The Kier molecular flexibility index (Phi) is 4.90. The first-order valence-electron chi connectivity index (χ1n) is 7.34. The smallest absolute Gasteiger partial charge is 0.407 e. The number of fused-ring (bicyclic) bond motifs is 1. The van der Waals surface area contributed by atoms with Gasteiger partial charge in [-0.3, -0.25) is 4.79 Å². The third-order valence-electron chi connectivity index (χ3n) is 3.03. The summed E-state index contributed by atoms with van der Waals surface area (Å²) in [5, 5.41) is 5.33. The highest BCUT2D eigenvalue weighted by molar-refractivity contribution is 5.82. The van der Waals surface area contributed by atoms with E-state index in [0.717, 1.165) is 11.3 Å². The van der Waals surface area contributed by atoms with E-state index in [1.807, 2.05) is 24.3 Å². The molecule has 0 bridgehead atoms. The van der Waals surface area contributed by atoms with Crippen molar-refractivity contribution < 1.29 is 19.1 Å². The van der Waals surface area contributed by atoms with E-state index in [9.17, 15) is 9.59 Å². The fourth-order valence-electron chi connectivity index (χ4n) is 2.11. The highest BCUT2D eigenvalue weighted by Gasteiger charge is 2.28. The van der Waals surface area contributed by atoms with Gasteiger partial charge in [0.15, 0.2) is 6.10 Å². The van der Waals surface area contributed by atoms with Crippen molar-refractivity contribution in [2.24, 2.45) is 0 Å². The molecule has 0 unspecified atom stereocenters. The SMILES string of the molecule is CC(C)(C)OC(=O)NCCNC(=O)[C@@H]1Cc2ccccc2O1. The first kappa shape index (κ1) is 16.1. The van der Waals surface area contributed by atoms with Gasteiger partial charge in [-0.2, -0.15) is 0 Å². The molecule has 0 saturated carbocycles. The van der Waals surface area contributed by atoms with Gasteiger partial charge >= 0.3 is 6.09 Å². The van der Waals surface area contributed by atoms with Crippen LogP contribution in [0.1, 0.15) is 26.3 Å². The number of carbonyl (C=O) groups excluding carboxylic acids is 2. The number of nitrogens with one attached hydrogen (secondary N) is 2. The Balaban J connectivity index is 1.66. The minimum absolute atomic E-state index is 0.179. The molecule has 1 aromatic rings. The van der Waals surface area contributed by atoms with Gasteiger partial charge in [-0.15, -0.1) is 0 Å². The number of amides is 2. The molecule has 2 N–H and O–H groups in total. The zero-order valence-electron chi connectivity index (χ0n) is 13.1. The molecule has 6 heteroatoms. The number of hydrogen-bond acceptors (Lipinski definition) is 4. The van der Waals surface area contributed by atoms with Gasteiger partial charge in [0.05, 0.1) is 0 Å². The number of carbonyl (C=O) groups is 2. The number of benzene rings is 1. The van der Waals surface area contributed by atoms with Crippen LogP contribution in [0.3, 0.4) is 0 Å². The van der Waals surface area contributed by atoms with Crippen LogP contribution < -0.4 is 15.4 Å². The van der Waals surface area contributed by atoms with Gasteiger partial charge in [0, 0.05) is 19.5 Å². The second-order valence-electron chi connectivity index (χ2n) is 6.14. The van der Waals surface area contributed by atoms with Crippen molar-refractivity contribution >= 4 is 12.0 Å². The summed E-state index contributed by atoms with van der Waals surface area (Å²) in [5.41, 5.74) is 0.506. The molecule has 22 heavy (non-hydrogen) atoms. The lowest BCUT2D eigenvalue weighted by atomic mass is 10.1. The van der Waals surface area contributed by atoms with Gasteiger partial charge in [0.25, 0.3) is 5.91 Å². The molecule has 1 aromatic carbocycles. The van der Waals surface area contributed by atoms with Crippen molar-refractivity contribution in [2.75, 3.05) is 13.1 Å². The molecule has 6 nitrogen and oxygen atoms in total. The number of hydrogen-bond donors (Lipinski definition) is 2. The van der Waals surface area contributed by atoms with Crippen molar-refractivity contribution in [1.82, 2.24) is 10.6 Å². The van der Waals surface area contributed by atoms with Crippen LogP contribution in [0, 0.1) is 0 Å². The maximum atomic E-state index is 12.0. The van der Waals surface area contributed by atoms with Crippen LogP contribution in [0.2, 0.25) is 0 Å². The van der Waals surface area contributed by atoms with Crippen LogP contribution in [0.25, 0.3) is 0 Å². The number of para-hydroxylation sites is 1. The molecule has 2 rings (SSSR count).